The molecule has 2 aliphatic heterocycles. The summed E-state index contributed by atoms with van der Waals surface area (Å²) in [5, 5.41) is 20.7. The monoisotopic (exact) mass is 1070 g/mol. The van der Waals surface area contributed by atoms with Gasteiger partial charge in [0.25, 0.3) is 17.4 Å². The second-order valence-electron chi connectivity index (χ2n) is 18.7. The van der Waals surface area contributed by atoms with E-state index < -0.39 is 30.0 Å². The Morgan fingerprint density at radius 2 is 1.62 bits per heavy atom. The third-order valence-electron chi connectivity index (χ3n) is 13.0. The summed E-state index contributed by atoms with van der Waals surface area (Å²) in [6.45, 7) is 8.48. The van der Waals surface area contributed by atoms with Crippen LogP contribution in [-0.4, -0.2) is 141 Å². The van der Waals surface area contributed by atoms with Crippen LogP contribution in [0.25, 0.3) is 33.1 Å². The Kier molecular flexibility index (Phi) is 17.4. The van der Waals surface area contributed by atoms with Gasteiger partial charge in [0, 0.05) is 56.0 Å². The summed E-state index contributed by atoms with van der Waals surface area (Å²) in [6.07, 6.45) is 0.641. The fraction of sp³-hybridized carbons (Fsp3) is 0.364. The molecule has 3 atom stereocenters. The van der Waals surface area contributed by atoms with Crippen LogP contribution in [0.3, 0.4) is 0 Å². The maximum Gasteiger partial charge on any atom is 0.274 e. The molecule has 1 saturated heterocycles. The first-order valence-electron chi connectivity index (χ1n) is 25.2. The van der Waals surface area contributed by atoms with E-state index in [9.17, 15) is 29.1 Å². The highest BCUT2D eigenvalue weighted by molar-refractivity contribution is 7.13. The van der Waals surface area contributed by atoms with Crippen molar-refractivity contribution in [3.63, 3.8) is 0 Å². The molecule has 0 saturated carbocycles. The molecule has 402 valence electrons. The summed E-state index contributed by atoms with van der Waals surface area (Å²) >= 11 is 1.51. The number of hydrogen-bond donors (Lipinski definition) is 3. The number of hydrogen-bond acceptors (Lipinski definition) is 17. The predicted octanol–water partition coefficient (Wildman–Crippen LogP) is 5.43. The first-order valence-corrected chi connectivity index (χ1v) is 26.1. The van der Waals surface area contributed by atoms with Crippen molar-refractivity contribution in [2.45, 2.75) is 58.5 Å². The molecule has 0 aliphatic carbocycles. The summed E-state index contributed by atoms with van der Waals surface area (Å²) in [5.74, 6) is -0.400. The van der Waals surface area contributed by atoms with Gasteiger partial charge in [0.05, 0.1) is 68.0 Å². The molecule has 0 bridgehead atoms. The van der Waals surface area contributed by atoms with E-state index in [4.69, 9.17) is 28.1 Å². The van der Waals surface area contributed by atoms with Gasteiger partial charge in [-0.25, -0.2) is 19.6 Å². The first-order chi connectivity index (χ1) is 37.3. The number of nitrogens with one attached hydrogen (secondary N) is 2. The second-order valence-corrected chi connectivity index (χ2v) is 19.6. The van der Waals surface area contributed by atoms with Crippen LogP contribution in [0.15, 0.2) is 106 Å². The number of fused-ring (bicyclic) bond motifs is 2. The number of β-amino-alcohol motifs (C(OH)–C–C–N with tert-alkyl or cyclic N) is 1. The highest BCUT2D eigenvalue weighted by Gasteiger charge is 2.46. The molecule has 77 heavy (non-hydrogen) atoms. The maximum absolute atomic E-state index is 14.2. The summed E-state index contributed by atoms with van der Waals surface area (Å²) < 4.78 is 36.0. The number of pyridine rings is 1. The van der Waals surface area contributed by atoms with Crippen LogP contribution < -0.4 is 25.7 Å². The first kappa shape index (κ1) is 53.9. The molecule has 1 fully saturated rings. The van der Waals surface area contributed by atoms with Gasteiger partial charge in [0.15, 0.2) is 5.58 Å². The van der Waals surface area contributed by atoms with Crippen molar-refractivity contribution in [3.05, 3.63) is 135 Å². The molecular formula is C55H59N9O12S. The van der Waals surface area contributed by atoms with Crippen molar-refractivity contribution in [1.29, 1.82) is 0 Å². The molecule has 21 nitrogen and oxygen atoms in total. The number of aliphatic hydroxyl groups is 1. The molecule has 0 radical (unpaired) electrons. The lowest BCUT2D eigenvalue weighted by Crippen LogP contribution is -2.55. The number of aryl methyl sites for hydroxylation is 2. The lowest BCUT2D eigenvalue weighted by atomic mass is 10.0. The Hall–Kier alpha value is -7.89. The number of nitrogens with zero attached hydrogens (tertiary/aromatic N) is 7. The Morgan fingerprint density at radius 3 is 2.32 bits per heavy atom. The highest BCUT2D eigenvalue weighted by atomic mass is 32.1. The number of anilines is 1. The van der Waals surface area contributed by atoms with Crippen LogP contribution in [-0.2, 0) is 43.9 Å². The number of thiazole rings is 1. The van der Waals surface area contributed by atoms with E-state index in [-0.39, 0.29) is 74.2 Å². The number of benzene rings is 3. The number of ether oxygens (including phenoxy) is 5. The van der Waals surface area contributed by atoms with Crippen molar-refractivity contribution in [2.24, 2.45) is 13.0 Å². The van der Waals surface area contributed by atoms with Gasteiger partial charge in [0.2, 0.25) is 17.7 Å². The topological polar surface area (TPSA) is 252 Å². The molecule has 0 unspecified atom stereocenters. The van der Waals surface area contributed by atoms with E-state index in [0.717, 1.165) is 21.7 Å². The zero-order valence-corrected chi connectivity index (χ0v) is 43.8. The Labute approximate surface area is 447 Å². The van der Waals surface area contributed by atoms with Gasteiger partial charge in [-0.05, 0) is 72.5 Å². The number of amides is 4. The van der Waals surface area contributed by atoms with Crippen LogP contribution in [0.5, 0.6) is 11.5 Å². The van der Waals surface area contributed by atoms with Gasteiger partial charge in [-0.2, -0.15) is 5.10 Å². The molecule has 2 aliphatic rings. The van der Waals surface area contributed by atoms with E-state index in [2.05, 4.69) is 30.7 Å². The third kappa shape index (κ3) is 13.0. The SMILES string of the molecule is Cc1ncsc1-c1ccc(CNC(=O)[C@@H]2C[C@@H](O)CN2C(=O)[C@H](C(C)C)N2Cc3ccccc3C2=O)c(OCCOCCOCCOCCOc2ccc(C(=O)Nc3ccc4oc(-c5ccc(=O)n(C)n5)nc4c3)nc2)c1. The van der Waals surface area contributed by atoms with Crippen LogP contribution in [0.2, 0.25) is 0 Å². The average Bonchev–Trinajstić information content (AvgIpc) is 4.23. The number of likely N-dealkylation sites (tertiary alicyclic amines) is 1. The van der Waals surface area contributed by atoms with Crippen molar-refractivity contribution in [3.8, 4) is 33.5 Å². The molecule has 9 rings (SSSR count). The molecule has 3 N–H and O–H groups in total. The molecule has 6 heterocycles. The second kappa shape index (κ2) is 24.8. The Balaban J connectivity index is 0.669. The van der Waals surface area contributed by atoms with Gasteiger partial charge in [0.1, 0.15) is 53.7 Å². The fourth-order valence-corrected chi connectivity index (χ4v) is 9.91. The highest BCUT2D eigenvalue weighted by Crippen LogP contribution is 2.34. The summed E-state index contributed by atoms with van der Waals surface area (Å²) in [5.41, 5.74) is 7.52. The Bertz CT molecular complexity index is 3290. The third-order valence-corrected chi connectivity index (χ3v) is 14.0. The van der Waals surface area contributed by atoms with E-state index >= 15 is 0 Å². The van der Waals surface area contributed by atoms with Gasteiger partial charge in [-0.15, -0.1) is 11.3 Å². The van der Waals surface area contributed by atoms with Crippen LogP contribution in [0.4, 0.5) is 5.69 Å². The molecule has 3 aromatic carbocycles. The van der Waals surface area contributed by atoms with Crippen LogP contribution >= 0.6 is 11.3 Å². The number of aromatic nitrogens is 5. The summed E-state index contributed by atoms with van der Waals surface area (Å²) in [6, 6.07) is 22.5. The van der Waals surface area contributed by atoms with Gasteiger partial charge in [-0.3, -0.25) is 24.0 Å². The fourth-order valence-electron chi connectivity index (χ4n) is 9.11. The predicted molar refractivity (Wildman–Crippen MR) is 283 cm³/mol. The smallest absolute Gasteiger partial charge is 0.274 e. The summed E-state index contributed by atoms with van der Waals surface area (Å²) in [7, 11) is 1.54. The van der Waals surface area contributed by atoms with Gasteiger partial charge >= 0.3 is 0 Å². The number of oxazole rings is 1. The van der Waals surface area contributed by atoms with E-state index in [0.29, 0.717) is 84.7 Å². The van der Waals surface area contributed by atoms with Crippen LogP contribution in [0, 0.1) is 12.8 Å². The zero-order valence-electron chi connectivity index (χ0n) is 43.0. The van der Waals surface area contributed by atoms with Crippen molar-refractivity contribution in [2.75, 3.05) is 64.7 Å². The standard InChI is InChI=1S/C55H59N9O12S/c1-33(2)49(64-30-37-7-5-6-8-41(37)54(64)69)55(70)63-31-39(65)27-45(63)52(68)57-28-36-10-9-35(50-34(3)58-32-77-50)25-47(36)75-24-22-73-20-18-71-17-19-72-21-23-74-40-12-13-42(56-29-40)51(67)59-38-11-15-46-44(26-38)60-53(76-46)43-14-16-48(66)62(4)61-43/h5-16,25-26,29,32-33,39,45,49,65H,17-24,27-28,30-31H2,1-4H3,(H,57,68)(H,59,67)/t39-,45+,49+/m1/s1. The number of carbonyl (C=O) groups excluding carboxylic acids is 4. The minimum atomic E-state index is -0.926. The van der Waals surface area contributed by atoms with Crippen molar-refractivity contribution >= 4 is 51.8 Å². The van der Waals surface area contributed by atoms with E-state index in [1.807, 2.05) is 51.1 Å². The Morgan fingerprint density at radius 1 is 0.870 bits per heavy atom. The largest absolute Gasteiger partial charge is 0.491 e. The minimum absolute atomic E-state index is 0.0139. The molecule has 22 heteroatoms. The zero-order chi connectivity index (χ0) is 54.0. The number of aliphatic hydroxyl groups excluding tert-OH is 1. The quantitative estimate of drug-likeness (QED) is 0.0638. The molecule has 4 amide bonds. The van der Waals surface area contributed by atoms with E-state index in [1.54, 1.807) is 52.9 Å². The molecule has 0 spiro atoms. The molecule has 4 aromatic heterocycles. The van der Waals surface area contributed by atoms with Gasteiger partial charge in [-0.1, -0.05) is 44.2 Å². The molecule has 7 aromatic rings. The number of rotatable bonds is 24. The molecular weight excluding hydrogens is 1010 g/mol. The minimum Gasteiger partial charge on any atom is -0.491 e. The van der Waals surface area contributed by atoms with E-state index in [1.165, 1.54) is 46.3 Å². The van der Waals surface area contributed by atoms with Crippen LogP contribution in [0.1, 0.15) is 57.9 Å². The van der Waals surface area contributed by atoms with Crippen molar-refractivity contribution < 1.29 is 52.4 Å². The lowest BCUT2D eigenvalue weighted by molar-refractivity contribution is -0.143. The number of carbonyl (C=O) groups is 4. The average molecular weight is 1070 g/mol. The lowest BCUT2D eigenvalue weighted by Gasteiger charge is -2.35. The normalized spacial score (nSPS) is 15.5. The maximum atomic E-state index is 14.2. The van der Waals surface area contributed by atoms with Gasteiger partial charge < -0.3 is 53.6 Å². The van der Waals surface area contributed by atoms with Crippen molar-refractivity contribution in [1.82, 2.24) is 39.8 Å². The summed E-state index contributed by atoms with van der Waals surface area (Å²) in [4.78, 5) is 83.3.